The lowest BCUT2D eigenvalue weighted by atomic mass is 9.96. The predicted octanol–water partition coefficient (Wildman–Crippen LogP) is 5.06. The highest BCUT2D eigenvalue weighted by molar-refractivity contribution is 7.07. The van der Waals surface area contributed by atoms with Crippen molar-refractivity contribution in [2.75, 3.05) is 6.61 Å². The van der Waals surface area contributed by atoms with Crippen molar-refractivity contribution in [1.29, 1.82) is 0 Å². The van der Waals surface area contributed by atoms with Crippen molar-refractivity contribution in [3.8, 4) is 11.3 Å². The first-order valence-electron chi connectivity index (χ1n) is 11.8. The first-order valence-corrected chi connectivity index (χ1v) is 13.3. The van der Waals surface area contributed by atoms with E-state index in [9.17, 15) is 19.5 Å². The summed E-state index contributed by atoms with van der Waals surface area (Å²) in [5, 5.41) is 10.0. The molecule has 0 saturated heterocycles. The summed E-state index contributed by atoms with van der Waals surface area (Å²) in [7, 11) is 0. The number of benzene rings is 2. The Bertz CT molecular complexity index is 1830. The van der Waals surface area contributed by atoms with Crippen molar-refractivity contribution in [1.82, 2.24) is 4.57 Å². The molecule has 39 heavy (non-hydrogen) atoms. The quantitative estimate of drug-likeness (QED) is 0.318. The van der Waals surface area contributed by atoms with Gasteiger partial charge in [0.2, 0.25) is 0 Å². The van der Waals surface area contributed by atoms with E-state index < -0.39 is 18.0 Å². The third kappa shape index (κ3) is 5.08. The largest absolute Gasteiger partial charge is 0.478 e. The Morgan fingerprint density at radius 1 is 1.15 bits per heavy atom. The van der Waals surface area contributed by atoms with Crippen molar-refractivity contribution < 1.29 is 23.8 Å². The van der Waals surface area contributed by atoms with Crippen molar-refractivity contribution >= 4 is 52.6 Å². The van der Waals surface area contributed by atoms with Gasteiger partial charge in [0.1, 0.15) is 11.5 Å². The number of carbonyl (C=O) groups is 2. The van der Waals surface area contributed by atoms with E-state index in [0.717, 1.165) is 11.3 Å². The molecule has 1 aliphatic heterocycles. The van der Waals surface area contributed by atoms with Crippen LogP contribution in [0.1, 0.15) is 41.6 Å². The molecule has 0 bridgehead atoms. The maximum absolute atomic E-state index is 13.7. The number of carbonyl (C=O) groups excluding carboxylic acids is 1. The van der Waals surface area contributed by atoms with Gasteiger partial charge < -0.3 is 14.3 Å². The number of carboxylic acid groups (broad SMARTS) is 1. The summed E-state index contributed by atoms with van der Waals surface area (Å²) in [4.78, 5) is 43.1. The Morgan fingerprint density at radius 3 is 2.59 bits per heavy atom. The number of rotatable bonds is 6. The highest BCUT2D eigenvalue weighted by atomic mass is 35.5. The number of ether oxygens (including phenoxy) is 1. The molecule has 2 aromatic heterocycles. The fourth-order valence-corrected chi connectivity index (χ4v) is 5.66. The monoisotopic (exact) mass is 582 g/mol. The van der Waals surface area contributed by atoms with Gasteiger partial charge in [-0.2, -0.15) is 0 Å². The van der Waals surface area contributed by atoms with E-state index in [-0.39, 0.29) is 28.3 Å². The molecule has 198 valence electrons. The first-order chi connectivity index (χ1) is 18.7. The van der Waals surface area contributed by atoms with Gasteiger partial charge in [-0.05, 0) is 61.9 Å². The second kappa shape index (κ2) is 10.7. The highest BCUT2D eigenvalue weighted by Gasteiger charge is 2.33. The summed E-state index contributed by atoms with van der Waals surface area (Å²) in [6.45, 7) is 3.60. The number of aromatic carboxylic acids is 1. The van der Waals surface area contributed by atoms with Crippen LogP contribution in [0.5, 0.6) is 0 Å². The lowest BCUT2D eigenvalue weighted by Gasteiger charge is -2.24. The molecule has 1 atom stereocenters. The van der Waals surface area contributed by atoms with Crippen LogP contribution in [0.2, 0.25) is 10.0 Å². The minimum absolute atomic E-state index is 0.0459. The van der Waals surface area contributed by atoms with E-state index in [4.69, 9.17) is 32.4 Å². The molecule has 2 aromatic carbocycles. The number of esters is 1. The van der Waals surface area contributed by atoms with Gasteiger partial charge in [0, 0.05) is 16.7 Å². The molecule has 0 amide bonds. The lowest BCUT2D eigenvalue weighted by Crippen LogP contribution is -2.39. The van der Waals surface area contributed by atoms with Crippen LogP contribution in [0.4, 0.5) is 0 Å². The summed E-state index contributed by atoms with van der Waals surface area (Å²) in [5.74, 6) is -0.908. The molecule has 5 rings (SSSR count). The average Bonchev–Trinajstić information content (AvgIpc) is 3.48. The maximum atomic E-state index is 13.7. The van der Waals surface area contributed by atoms with Crippen molar-refractivity contribution in [3.63, 3.8) is 0 Å². The van der Waals surface area contributed by atoms with Gasteiger partial charge in [-0.1, -0.05) is 46.7 Å². The third-order valence-electron chi connectivity index (χ3n) is 6.08. The molecule has 11 heteroatoms. The zero-order valence-electron chi connectivity index (χ0n) is 20.6. The van der Waals surface area contributed by atoms with Crippen LogP contribution in [-0.4, -0.2) is 28.2 Å². The minimum Gasteiger partial charge on any atom is -0.478 e. The molecule has 1 aliphatic rings. The predicted molar refractivity (Wildman–Crippen MR) is 148 cm³/mol. The van der Waals surface area contributed by atoms with Crippen LogP contribution in [0.3, 0.4) is 0 Å². The second-order valence-electron chi connectivity index (χ2n) is 8.56. The van der Waals surface area contributed by atoms with Crippen LogP contribution in [0, 0.1) is 0 Å². The molecule has 0 radical (unpaired) electrons. The minimum atomic E-state index is -1.15. The number of aromatic nitrogens is 1. The second-order valence-corrected chi connectivity index (χ2v) is 10.4. The van der Waals surface area contributed by atoms with Gasteiger partial charge in [-0.15, -0.1) is 0 Å². The van der Waals surface area contributed by atoms with E-state index in [2.05, 4.69) is 4.99 Å². The topological polar surface area (TPSA) is 111 Å². The Morgan fingerprint density at radius 2 is 1.90 bits per heavy atom. The van der Waals surface area contributed by atoms with E-state index in [1.165, 1.54) is 16.7 Å². The third-order valence-corrected chi connectivity index (χ3v) is 7.65. The van der Waals surface area contributed by atoms with Gasteiger partial charge in [0.15, 0.2) is 4.80 Å². The van der Waals surface area contributed by atoms with Gasteiger partial charge in [0.05, 0.1) is 39.0 Å². The normalized spacial score (nSPS) is 15.2. The van der Waals surface area contributed by atoms with Crippen molar-refractivity contribution in [3.05, 3.63) is 112 Å². The van der Waals surface area contributed by atoms with Crippen LogP contribution < -0.4 is 14.9 Å². The number of halogens is 2. The Hall–Kier alpha value is -3.92. The average molecular weight is 583 g/mol. The number of fused-ring (bicyclic) bond motifs is 1. The molecule has 0 saturated carbocycles. The van der Waals surface area contributed by atoms with Crippen LogP contribution >= 0.6 is 34.5 Å². The van der Waals surface area contributed by atoms with Crippen molar-refractivity contribution in [2.45, 2.75) is 19.9 Å². The van der Waals surface area contributed by atoms with Crippen LogP contribution in [0.25, 0.3) is 17.4 Å². The highest BCUT2D eigenvalue weighted by Crippen LogP contribution is 2.31. The molecule has 0 fully saturated rings. The number of hydrogen-bond donors (Lipinski definition) is 1. The zero-order valence-corrected chi connectivity index (χ0v) is 22.9. The lowest BCUT2D eigenvalue weighted by molar-refractivity contribution is -0.139. The Balaban J connectivity index is 1.61. The molecule has 3 heterocycles. The molecule has 4 aromatic rings. The Kier molecular flexibility index (Phi) is 7.31. The summed E-state index contributed by atoms with van der Waals surface area (Å²) in [6, 6.07) is 14.1. The fraction of sp³-hybridized carbons (Fsp3) is 0.143. The molecular weight excluding hydrogens is 563 g/mol. The summed E-state index contributed by atoms with van der Waals surface area (Å²) in [5.41, 5.74) is 1.53. The van der Waals surface area contributed by atoms with Crippen molar-refractivity contribution in [2.24, 2.45) is 4.99 Å². The number of hydrogen-bond acceptors (Lipinski definition) is 7. The van der Waals surface area contributed by atoms with E-state index in [1.807, 2.05) is 0 Å². The molecule has 1 N–H and O–H groups in total. The molecular formula is C28H20Cl2N2O6S. The maximum Gasteiger partial charge on any atom is 0.338 e. The number of thiazole rings is 1. The molecule has 8 nitrogen and oxygen atoms in total. The van der Waals surface area contributed by atoms with Gasteiger partial charge >= 0.3 is 11.9 Å². The van der Waals surface area contributed by atoms with Gasteiger partial charge in [0.25, 0.3) is 5.56 Å². The Labute approximate surface area is 235 Å². The van der Waals surface area contributed by atoms with E-state index in [1.54, 1.807) is 62.4 Å². The fourth-order valence-electron chi connectivity index (χ4n) is 4.31. The number of furan rings is 1. The molecule has 0 spiro atoms. The number of carboxylic acids is 1. The molecule has 1 unspecified atom stereocenters. The first kappa shape index (κ1) is 26.7. The van der Waals surface area contributed by atoms with E-state index in [0.29, 0.717) is 42.7 Å². The summed E-state index contributed by atoms with van der Waals surface area (Å²) in [6.07, 6.45) is 1.59. The summed E-state index contributed by atoms with van der Waals surface area (Å²) < 4.78 is 13.0. The number of nitrogens with zero attached hydrogens (tertiary/aromatic N) is 2. The SMILES string of the molecule is CCOC(=O)C1=C(C)N=c2s/c(=C/c3ccc(-c4ccc(Cl)c(C(=O)O)c4)o3)c(=O)n2C1c1ccc(Cl)cc1. The number of allylic oxidation sites excluding steroid dienone is 1. The molecule has 0 aliphatic carbocycles. The van der Waals surface area contributed by atoms with E-state index >= 15 is 0 Å². The zero-order chi connectivity index (χ0) is 27.8. The summed E-state index contributed by atoms with van der Waals surface area (Å²) >= 11 is 13.2. The smallest absolute Gasteiger partial charge is 0.338 e. The van der Waals surface area contributed by atoms with Crippen LogP contribution in [0.15, 0.2) is 80.1 Å². The standard InChI is InChI=1S/C28H20Cl2N2O6S/c1-3-37-27(36)23-14(2)31-28-32(24(23)15-4-7-17(29)8-5-15)25(33)22(39-28)13-18-9-11-21(38-18)16-6-10-20(30)19(12-16)26(34)35/h4-13,24H,3H2,1-2H3,(H,34,35)/b22-13+. The van der Waals surface area contributed by atoms with Crippen LogP contribution in [-0.2, 0) is 9.53 Å². The van der Waals surface area contributed by atoms with Gasteiger partial charge in [-0.3, -0.25) is 9.36 Å². The van der Waals surface area contributed by atoms with Gasteiger partial charge in [-0.25, -0.2) is 14.6 Å².